The molecule has 17 heavy (non-hydrogen) atoms. The van der Waals surface area contributed by atoms with Gasteiger partial charge >= 0.3 is 0 Å². The first-order valence-corrected chi connectivity index (χ1v) is 6.93. The first-order chi connectivity index (χ1) is 8.15. The van der Waals surface area contributed by atoms with E-state index in [2.05, 4.69) is 40.2 Å². The molecule has 4 nitrogen and oxygen atoms in total. The monoisotopic (exact) mass is 299 g/mol. The van der Waals surface area contributed by atoms with Crippen LogP contribution < -0.4 is 5.32 Å². The predicted molar refractivity (Wildman–Crippen MR) is 70.1 cm³/mol. The van der Waals surface area contributed by atoms with Gasteiger partial charge in [0.25, 0.3) is 0 Å². The Morgan fingerprint density at radius 1 is 1.71 bits per heavy atom. The zero-order chi connectivity index (χ0) is 12.4. The smallest absolute Gasteiger partial charge is 0.186 e. The van der Waals surface area contributed by atoms with E-state index in [4.69, 9.17) is 0 Å². The standard InChI is InChI=1S/C12H18BrN3O/c1-3-6-16-11(10(13)7-15-16)12(17)9-4-5-14-8(9)2/h7-9,14H,3-6H2,1-2H3. The Hall–Kier alpha value is -0.680. The predicted octanol–water partition coefficient (Wildman–Crippen LogP) is 2.24. The summed E-state index contributed by atoms with van der Waals surface area (Å²) < 4.78 is 2.63. The van der Waals surface area contributed by atoms with Gasteiger partial charge in [0.15, 0.2) is 5.78 Å². The number of Topliss-reactive ketones (excluding diaryl/α,β-unsaturated/α-hetero) is 1. The number of nitrogens with zero attached hydrogens (tertiary/aromatic N) is 2. The number of ketones is 1. The average molecular weight is 300 g/mol. The molecule has 1 fully saturated rings. The van der Waals surface area contributed by atoms with Crippen molar-refractivity contribution in [1.29, 1.82) is 0 Å². The van der Waals surface area contributed by atoms with Crippen molar-refractivity contribution in [2.24, 2.45) is 5.92 Å². The molecule has 1 N–H and O–H groups in total. The summed E-state index contributed by atoms with van der Waals surface area (Å²) in [5.41, 5.74) is 0.729. The quantitative estimate of drug-likeness (QED) is 0.868. The van der Waals surface area contributed by atoms with Gasteiger partial charge in [0.2, 0.25) is 0 Å². The molecule has 0 aromatic carbocycles. The Balaban J connectivity index is 2.26. The molecule has 0 spiro atoms. The number of aromatic nitrogens is 2. The third-order valence-corrected chi connectivity index (χ3v) is 3.91. The van der Waals surface area contributed by atoms with E-state index in [0.717, 1.165) is 36.1 Å². The molecule has 5 heteroatoms. The van der Waals surface area contributed by atoms with Crippen molar-refractivity contribution < 1.29 is 4.79 Å². The van der Waals surface area contributed by atoms with Gasteiger partial charge in [-0.25, -0.2) is 0 Å². The second kappa shape index (κ2) is 5.31. The lowest BCUT2D eigenvalue weighted by Gasteiger charge is -2.15. The summed E-state index contributed by atoms with van der Waals surface area (Å²) in [5.74, 6) is 0.291. The van der Waals surface area contributed by atoms with Crippen LogP contribution in [-0.2, 0) is 6.54 Å². The van der Waals surface area contributed by atoms with Gasteiger partial charge in [0.05, 0.1) is 10.7 Å². The van der Waals surface area contributed by atoms with Gasteiger partial charge in [-0.2, -0.15) is 5.10 Å². The fraction of sp³-hybridized carbons (Fsp3) is 0.667. The minimum absolute atomic E-state index is 0.0820. The van der Waals surface area contributed by atoms with E-state index in [1.807, 2.05) is 4.68 Å². The summed E-state index contributed by atoms with van der Waals surface area (Å²) in [5, 5.41) is 7.57. The third kappa shape index (κ3) is 2.45. The summed E-state index contributed by atoms with van der Waals surface area (Å²) in [4.78, 5) is 12.5. The lowest BCUT2D eigenvalue weighted by atomic mass is 9.95. The van der Waals surface area contributed by atoms with Crippen LogP contribution in [0, 0.1) is 5.92 Å². The molecule has 0 aliphatic carbocycles. The van der Waals surface area contributed by atoms with Crippen molar-refractivity contribution in [2.75, 3.05) is 6.54 Å². The molecule has 1 aromatic rings. The minimum Gasteiger partial charge on any atom is -0.313 e. The molecule has 0 saturated carbocycles. The van der Waals surface area contributed by atoms with Gasteiger partial charge in [-0.05, 0) is 42.2 Å². The van der Waals surface area contributed by atoms with Gasteiger partial charge in [0.1, 0.15) is 5.69 Å². The first kappa shape index (κ1) is 12.8. The van der Waals surface area contributed by atoms with Gasteiger partial charge in [-0.3, -0.25) is 9.48 Å². The molecule has 2 heterocycles. The van der Waals surface area contributed by atoms with E-state index in [0.29, 0.717) is 0 Å². The van der Waals surface area contributed by atoms with Crippen molar-refractivity contribution >= 4 is 21.7 Å². The van der Waals surface area contributed by atoms with Crippen LogP contribution in [0.15, 0.2) is 10.7 Å². The Kier molecular flexibility index (Phi) is 3.99. The summed E-state index contributed by atoms with van der Waals surface area (Å²) in [6.45, 7) is 5.88. The Bertz CT molecular complexity index is 416. The largest absolute Gasteiger partial charge is 0.313 e. The number of rotatable bonds is 4. The third-order valence-electron chi connectivity index (χ3n) is 3.33. The highest BCUT2D eigenvalue weighted by atomic mass is 79.9. The topological polar surface area (TPSA) is 46.9 Å². The number of carbonyl (C=O) groups excluding carboxylic acids is 1. The summed E-state index contributed by atoms with van der Waals surface area (Å²) in [6.07, 6.45) is 3.62. The zero-order valence-electron chi connectivity index (χ0n) is 10.2. The number of carbonyl (C=O) groups is 1. The SMILES string of the molecule is CCCn1ncc(Br)c1C(=O)C1CCNC1C. The van der Waals surface area contributed by atoms with E-state index in [-0.39, 0.29) is 17.7 Å². The maximum absolute atomic E-state index is 12.5. The molecule has 94 valence electrons. The molecule has 0 amide bonds. The Labute approximate surface area is 110 Å². The number of hydrogen-bond donors (Lipinski definition) is 1. The maximum atomic E-state index is 12.5. The number of aryl methyl sites for hydroxylation is 1. The van der Waals surface area contributed by atoms with Crippen molar-refractivity contribution in [3.63, 3.8) is 0 Å². The van der Waals surface area contributed by atoms with Crippen LogP contribution in [0.2, 0.25) is 0 Å². The van der Waals surface area contributed by atoms with Crippen LogP contribution >= 0.6 is 15.9 Å². The van der Waals surface area contributed by atoms with Crippen molar-refractivity contribution in [3.05, 3.63) is 16.4 Å². The molecular formula is C12H18BrN3O. The van der Waals surface area contributed by atoms with Crippen LogP contribution in [0.5, 0.6) is 0 Å². The number of nitrogens with one attached hydrogen (secondary N) is 1. The molecule has 2 atom stereocenters. The zero-order valence-corrected chi connectivity index (χ0v) is 11.8. The summed E-state index contributed by atoms with van der Waals surface area (Å²) in [6, 6.07) is 0.263. The molecule has 1 aromatic heterocycles. The molecule has 2 unspecified atom stereocenters. The van der Waals surface area contributed by atoms with Crippen LogP contribution in [0.1, 0.15) is 37.2 Å². The fourth-order valence-corrected chi connectivity index (χ4v) is 2.87. The van der Waals surface area contributed by atoms with E-state index in [1.54, 1.807) is 6.20 Å². The number of hydrogen-bond acceptors (Lipinski definition) is 3. The Morgan fingerprint density at radius 2 is 2.47 bits per heavy atom. The van der Waals surface area contributed by atoms with Crippen LogP contribution in [0.3, 0.4) is 0 Å². The van der Waals surface area contributed by atoms with E-state index < -0.39 is 0 Å². The molecule has 1 aliphatic heterocycles. The van der Waals surface area contributed by atoms with Crippen molar-refractivity contribution in [1.82, 2.24) is 15.1 Å². The van der Waals surface area contributed by atoms with Crippen LogP contribution in [0.25, 0.3) is 0 Å². The van der Waals surface area contributed by atoms with Crippen molar-refractivity contribution in [3.8, 4) is 0 Å². The molecule has 0 bridgehead atoms. The lowest BCUT2D eigenvalue weighted by Crippen LogP contribution is -2.29. The second-order valence-electron chi connectivity index (χ2n) is 4.57. The lowest BCUT2D eigenvalue weighted by molar-refractivity contribution is 0.0902. The molecule has 2 rings (SSSR count). The summed E-state index contributed by atoms with van der Waals surface area (Å²) in [7, 11) is 0. The van der Waals surface area contributed by atoms with Crippen molar-refractivity contribution in [2.45, 2.75) is 39.3 Å². The molecule has 1 aliphatic rings. The first-order valence-electron chi connectivity index (χ1n) is 6.14. The highest BCUT2D eigenvalue weighted by Gasteiger charge is 2.32. The number of halogens is 1. The van der Waals surface area contributed by atoms with E-state index in [1.165, 1.54) is 0 Å². The maximum Gasteiger partial charge on any atom is 0.186 e. The molecule has 1 saturated heterocycles. The highest BCUT2D eigenvalue weighted by molar-refractivity contribution is 9.10. The van der Waals surface area contributed by atoms with Crippen LogP contribution in [-0.4, -0.2) is 28.2 Å². The second-order valence-corrected chi connectivity index (χ2v) is 5.42. The van der Waals surface area contributed by atoms with Crippen LogP contribution in [0.4, 0.5) is 0 Å². The van der Waals surface area contributed by atoms with E-state index in [9.17, 15) is 4.79 Å². The van der Waals surface area contributed by atoms with E-state index >= 15 is 0 Å². The normalized spacial score (nSPS) is 24.2. The van der Waals surface area contributed by atoms with Gasteiger partial charge in [-0.1, -0.05) is 6.92 Å². The minimum atomic E-state index is 0.0820. The average Bonchev–Trinajstić information content (AvgIpc) is 2.86. The Morgan fingerprint density at radius 3 is 3.06 bits per heavy atom. The van der Waals surface area contributed by atoms with Gasteiger partial charge in [0, 0.05) is 18.5 Å². The summed E-state index contributed by atoms with van der Waals surface area (Å²) >= 11 is 3.43. The highest BCUT2D eigenvalue weighted by Crippen LogP contribution is 2.25. The molecule has 0 radical (unpaired) electrons. The van der Waals surface area contributed by atoms with Gasteiger partial charge in [-0.15, -0.1) is 0 Å². The van der Waals surface area contributed by atoms with Gasteiger partial charge < -0.3 is 5.32 Å². The molecular weight excluding hydrogens is 282 g/mol. The fourth-order valence-electron chi connectivity index (χ4n) is 2.38.